The first-order chi connectivity index (χ1) is 13.6. The van der Waals surface area contributed by atoms with Crippen LogP contribution in [0.15, 0.2) is 40.8 Å². The smallest absolute Gasteiger partial charge is 0.262 e. The van der Waals surface area contributed by atoms with Crippen molar-refractivity contribution in [3.63, 3.8) is 0 Å². The largest absolute Gasteiger partial charge is 0.342 e. The van der Waals surface area contributed by atoms with Crippen LogP contribution in [0.3, 0.4) is 0 Å². The molecule has 1 aromatic carbocycles. The van der Waals surface area contributed by atoms with Crippen molar-refractivity contribution in [2.75, 3.05) is 19.6 Å². The van der Waals surface area contributed by atoms with Gasteiger partial charge in [0.25, 0.3) is 5.56 Å². The molecule has 1 saturated heterocycles. The zero-order chi connectivity index (χ0) is 19.7. The molecule has 0 aliphatic carbocycles. The van der Waals surface area contributed by atoms with Crippen molar-refractivity contribution < 1.29 is 4.79 Å². The number of carbonyl (C=O) groups is 1. The maximum atomic E-state index is 13.1. The number of aromatic nitrogens is 2. The van der Waals surface area contributed by atoms with Gasteiger partial charge in [-0.05, 0) is 31.4 Å². The maximum Gasteiger partial charge on any atom is 0.262 e. The zero-order valence-corrected chi connectivity index (χ0v) is 16.7. The van der Waals surface area contributed by atoms with E-state index in [0.717, 1.165) is 35.5 Å². The Hall–Kier alpha value is -2.51. The highest BCUT2D eigenvalue weighted by Crippen LogP contribution is 2.30. The Morgan fingerprint density at radius 2 is 2.11 bits per heavy atom. The molecule has 0 radical (unpaired) electrons. The number of rotatable bonds is 5. The molecule has 1 aliphatic rings. The van der Waals surface area contributed by atoms with Gasteiger partial charge in [-0.3, -0.25) is 14.2 Å². The molecule has 0 bridgehead atoms. The average molecular weight is 397 g/mol. The van der Waals surface area contributed by atoms with Crippen LogP contribution in [-0.4, -0.2) is 40.0 Å². The summed E-state index contributed by atoms with van der Waals surface area (Å²) in [5.41, 5.74) is 8.71. The Morgan fingerprint density at radius 1 is 1.32 bits per heavy atom. The molecule has 3 heterocycles. The van der Waals surface area contributed by atoms with Gasteiger partial charge in [0.05, 0.1) is 11.7 Å². The normalized spacial score (nSPS) is 16.8. The molecule has 2 aromatic heterocycles. The fraction of sp³-hybridized carbons (Fsp3) is 0.381. The highest BCUT2D eigenvalue weighted by atomic mass is 32.1. The van der Waals surface area contributed by atoms with Gasteiger partial charge in [-0.15, -0.1) is 11.3 Å². The van der Waals surface area contributed by atoms with E-state index < -0.39 is 0 Å². The van der Waals surface area contributed by atoms with Gasteiger partial charge in [0.1, 0.15) is 4.83 Å². The van der Waals surface area contributed by atoms with Crippen molar-refractivity contribution in [2.45, 2.75) is 26.3 Å². The van der Waals surface area contributed by atoms with E-state index in [4.69, 9.17) is 5.73 Å². The van der Waals surface area contributed by atoms with E-state index >= 15 is 0 Å². The van der Waals surface area contributed by atoms with Crippen LogP contribution in [0.2, 0.25) is 0 Å². The molecular formula is C21H24N4O2S. The van der Waals surface area contributed by atoms with Crippen LogP contribution in [0, 0.1) is 12.8 Å². The Kier molecular flexibility index (Phi) is 5.28. The number of fused-ring (bicyclic) bond motifs is 1. The van der Waals surface area contributed by atoms with Crippen LogP contribution in [0.5, 0.6) is 0 Å². The lowest BCUT2D eigenvalue weighted by Gasteiger charge is -2.16. The summed E-state index contributed by atoms with van der Waals surface area (Å²) in [5, 5.41) is 2.62. The molecule has 7 heteroatoms. The fourth-order valence-corrected chi connectivity index (χ4v) is 4.60. The van der Waals surface area contributed by atoms with Crippen LogP contribution in [0.25, 0.3) is 21.3 Å². The lowest BCUT2D eigenvalue weighted by atomic mass is 10.1. The van der Waals surface area contributed by atoms with Crippen LogP contribution < -0.4 is 11.3 Å². The van der Waals surface area contributed by atoms with Gasteiger partial charge in [-0.25, -0.2) is 4.98 Å². The Bertz CT molecular complexity index is 1050. The van der Waals surface area contributed by atoms with E-state index in [1.54, 1.807) is 10.9 Å². The topological polar surface area (TPSA) is 81.2 Å². The van der Waals surface area contributed by atoms with Crippen LogP contribution >= 0.6 is 11.3 Å². The predicted molar refractivity (Wildman–Crippen MR) is 112 cm³/mol. The molecule has 28 heavy (non-hydrogen) atoms. The lowest BCUT2D eigenvalue weighted by Crippen LogP contribution is -2.31. The number of thiophene rings is 1. The van der Waals surface area contributed by atoms with E-state index in [1.165, 1.54) is 16.9 Å². The van der Waals surface area contributed by atoms with E-state index in [-0.39, 0.29) is 11.5 Å². The zero-order valence-electron chi connectivity index (χ0n) is 15.9. The molecule has 3 aromatic rings. The van der Waals surface area contributed by atoms with Crippen molar-refractivity contribution in [2.24, 2.45) is 11.7 Å². The minimum absolute atomic E-state index is 0.0759. The number of carbonyl (C=O) groups excluding carboxylic acids is 1. The molecule has 1 aliphatic heterocycles. The van der Waals surface area contributed by atoms with Gasteiger partial charge >= 0.3 is 0 Å². The van der Waals surface area contributed by atoms with E-state index in [1.807, 2.05) is 41.5 Å². The third kappa shape index (κ3) is 3.59. The first-order valence-electron chi connectivity index (χ1n) is 9.58. The third-order valence-corrected chi connectivity index (χ3v) is 6.35. The molecule has 6 nitrogen and oxygen atoms in total. The van der Waals surface area contributed by atoms with Gasteiger partial charge in [0.15, 0.2) is 0 Å². The quantitative estimate of drug-likeness (QED) is 0.719. The summed E-state index contributed by atoms with van der Waals surface area (Å²) in [4.78, 5) is 32.6. The number of likely N-dealkylation sites (tertiary alicyclic amines) is 1. The van der Waals surface area contributed by atoms with Crippen molar-refractivity contribution in [3.05, 3.63) is 51.9 Å². The summed E-state index contributed by atoms with van der Waals surface area (Å²) in [6, 6.07) is 8.13. The van der Waals surface area contributed by atoms with Gasteiger partial charge in [0, 0.05) is 37.0 Å². The average Bonchev–Trinajstić information content (AvgIpc) is 3.35. The molecule has 1 unspecified atom stereocenters. The lowest BCUT2D eigenvalue weighted by molar-refractivity contribution is -0.130. The molecule has 0 spiro atoms. The Labute approximate surface area is 167 Å². The second kappa shape index (κ2) is 7.85. The molecule has 1 fully saturated rings. The summed E-state index contributed by atoms with van der Waals surface area (Å²) in [7, 11) is 0. The van der Waals surface area contributed by atoms with Crippen molar-refractivity contribution in [1.82, 2.24) is 14.5 Å². The molecule has 2 N–H and O–H groups in total. The molecule has 0 saturated carbocycles. The second-order valence-corrected chi connectivity index (χ2v) is 8.28. The Morgan fingerprint density at radius 3 is 2.82 bits per heavy atom. The first-order valence-corrected chi connectivity index (χ1v) is 10.5. The van der Waals surface area contributed by atoms with E-state index in [2.05, 4.69) is 4.98 Å². The van der Waals surface area contributed by atoms with Crippen molar-refractivity contribution >= 4 is 27.5 Å². The highest BCUT2D eigenvalue weighted by molar-refractivity contribution is 7.17. The molecule has 4 rings (SSSR count). The summed E-state index contributed by atoms with van der Waals surface area (Å²) in [5.74, 6) is 0.472. The van der Waals surface area contributed by atoms with Crippen LogP contribution in [0.4, 0.5) is 0 Å². The number of benzene rings is 1. The van der Waals surface area contributed by atoms with Gasteiger partial charge in [0.2, 0.25) is 5.91 Å². The van der Waals surface area contributed by atoms with E-state index in [9.17, 15) is 9.59 Å². The molecular weight excluding hydrogens is 372 g/mol. The number of aryl methyl sites for hydroxylation is 2. The molecule has 1 amide bonds. The standard InChI is InChI=1S/C21H24N4O2S/c1-14-2-4-16(5-3-14)17-12-28-20-19(17)21(27)25(13-23-20)9-7-18(26)24-8-6-15(10-22)11-24/h2-5,12-13,15H,6-11,22H2,1H3. The van der Waals surface area contributed by atoms with E-state index in [0.29, 0.717) is 30.8 Å². The maximum absolute atomic E-state index is 13.1. The van der Waals surface area contributed by atoms with Crippen LogP contribution in [0.1, 0.15) is 18.4 Å². The summed E-state index contributed by atoms with van der Waals surface area (Å²) >= 11 is 1.47. The van der Waals surface area contributed by atoms with Gasteiger partial charge in [-0.2, -0.15) is 0 Å². The Balaban J connectivity index is 1.56. The highest BCUT2D eigenvalue weighted by Gasteiger charge is 2.25. The second-order valence-electron chi connectivity index (χ2n) is 7.42. The summed E-state index contributed by atoms with van der Waals surface area (Å²) in [6.45, 7) is 4.48. The number of nitrogens with zero attached hydrogens (tertiary/aromatic N) is 3. The fourth-order valence-electron chi connectivity index (χ4n) is 3.70. The minimum Gasteiger partial charge on any atom is -0.342 e. The predicted octanol–water partition coefficient (Wildman–Crippen LogP) is 2.63. The van der Waals surface area contributed by atoms with Gasteiger partial charge < -0.3 is 10.6 Å². The molecule has 1 atom stereocenters. The summed E-state index contributed by atoms with van der Waals surface area (Å²) in [6.07, 6.45) is 2.82. The van der Waals surface area contributed by atoms with Crippen LogP contribution in [-0.2, 0) is 11.3 Å². The SMILES string of the molecule is Cc1ccc(-c2csc3ncn(CCC(=O)N4CCC(CN)C4)c(=O)c23)cc1. The summed E-state index contributed by atoms with van der Waals surface area (Å²) < 4.78 is 1.56. The van der Waals surface area contributed by atoms with Crippen molar-refractivity contribution in [3.8, 4) is 11.1 Å². The first kappa shape index (κ1) is 18.8. The molecule has 146 valence electrons. The minimum atomic E-state index is -0.0871. The van der Waals surface area contributed by atoms with Crippen molar-refractivity contribution in [1.29, 1.82) is 0 Å². The van der Waals surface area contributed by atoms with Gasteiger partial charge in [-0.1, -0.05) is 29.8 Å². The monoisotopic (exact) mass is 396 g/mol. The number of nitrogens with two attached hydrogens (primary N) is 1. The number of amides is 1. The number of hydrogen-bond donors (Lipinski definition) is 1. The number of hydrogen-bond acceptors (Lipinski definition) is 5. The third-order valence-electron chi connectivity index (χ3n) is 5.46.